The van der Waals surface area contributed by atoms with Gasteiger partial charge in [0.25, 0.3) is 5.91 Å². The smallest absolute Gasteiger partial charge is 0.253 e. The lowest BCUT2D eigenvalue weighted by atomic mass is 10.1. The highest BCUT2D eigenvalue weighted by molar-refractivity contribution is 6.08. The van der Waals surface area contributed by atoms with Gasteiger partial charge in [0.15, 0.2) is 0 Å². The molecule has 0 saturated heterocycles. The van der Waals surface area contributed by atoms with Crippen molar-refractivity contribution in [1.82, 2.24) is 5.32 Å². The number of carbonyl (C=O) groups is 2. The number of amides is 2. The highest BCUT2D eigenvalue weighted by Crippen LogP contribution is 2.31. The SMILES string of the molecule is CC(=O)N(c1ccc2ccccc2c1)c1ccccc1C(=O)NCCO. The first-order valence-electron chi connectivity index (χ1n) is 8.39. The molecule has 3 aromatic rings. The Morgan fingerprint density at radius 3 is 2.38 bits per heavy atom. The van der Waals surface area contributed by atoms with Gasteiger partial charge in [-0.15, -0.1) is 0 Å². The third kappa shape index (κ3) is 3.58. The number of fused-ring (bicyclic) bond motifs is 1. The molecule has 2 N–H and O–H groups in total. The quantitative estimate of drug-likeness (QED) is 0.744. The van der Waals surface area contributed by atoms with E-state index < -0.39 is 0 Å². The molecule has 0 spiro atoms. The van der Waals surface area contributed by atoms with Crippen LogP contribution >= 0.6 is 0 Å². The molecule has 0 heterocycles. The Morgan fingerprint density at radius 1 is 0.962 bits per heavy atom. The minimum atomic E-state index is -0.332. The van der Waals surface area contributed by atoms with E-state index in [1.165, 1.54) is 11.8 Å². The summed E-state index contributed by atoms with van der Waals surface area (Å²) in [6.45, 7) is 1.48. The Balaban J connectivity index is 2.08. The molecule has 5 nitrogen and oxygen atoms in total. The lowest BCUT2D eigenvalue weighted by Gasteiger charge is -2.24. The molecule has 2 amide bonds. The summed E-state index contributed by atoms with van der Waals surface area (Å²) in [6, 6.07) is 20.6. The number of carbonyl (C=O) groups excluding carboxylic acids is 2. The maximum atomic E-state index is 12.4. The van der Waals surface area contributed by atoms with E-state index in [1.807, 2.05) is 42.5 Å². The highest BCUT2D eigenvalue weighted by atomic mass is 16.3. The van der Waals surface area contributed by atoms with Gasteiger partial charge in [-0.05, 0) is 35.0 Å². The van der Waals surface area contributed by atoms with Gasteiger partial charge in [-0.2, -0.15) is 0 Å². The van der Waals surface area contributed by atoms with Gasteiger partial charge in [0.1, 0.15) is 0 Å². The van der Waals surface area contributed by atoms with Crippen molar-refractivity contribution in [3.63, 3.8) is 0 Å². The summed E-state index contributed by atoms with van der Waals surface area (Å²) in [4.78, 5) is 26.4. The number of benzene rings is 3. The number of hydrogen-bond acceptors (Lipinski definition) is 3. The molecule has 0 aromatic heterocycles. The minimum absolute atomic E-state index is 0.144. The van der Waals surface area contributed by atoms with Crippen LogP contribution in [0.15, 0.2) is 66.7 Å². The Morgan fingerprint density at radius 2 is 1.65 bits per heavy atom. The first-order valence-corrected chi connectivity index (χ1v) is 8.39. The molecule has 0 atom stereocenters. The maximum absolute atomic E-state index is 12.4. The van der Waals surface area contributed by atoms with Crippen molar-refractivity contribution in [1.29, 1.82) is 0 Å². The standard InChI is InChI=1S/C21H20N2O3/c1-15(25)23(18-11-10-16-6-2-3-7-17(16)14-18)20-9-5-4-8-19(20)21(26)22-12-13-24/h2-11,14,24H,12-13H2,1H3,(H,22,26). The van der Waals surface area contributed by atoms with E-state index in [2.05, 4.69) is 5.32 Å². The van der Waals surface area contributed by atoms with E-state index in [0.717, 1.165) is 10.8 Å². The first-order chi connectivity index (χ1) is 12.6. The van der Waals surface area contributed by atoms with Crippen molar-refractivity contribution >= 4 is 34.0 Å². The van der Waals surface area contributed by atoms with E-state index in [-0.39, 0.29) is 25.0 Å². The average molecular weight is 348 g/mol. The zero-order chi connectivity index (χ0) is 18.5. The van der Waals surface area contributed by atoms with Gasteiger partial charge in [-0.3, -0.25) is 14.5 Å². The topological polar surface area (TPSA) is 69.6 Å². The second kappa shape index (κ2) is 7.80. The molecule has 5 heteroatoms. The second-order valence-corrected chi connectivity index (χ2v) is 5.88. The molecule has 0 saturated carbocycles. The molecule has 0 fully saturated rings. The molecule has 0 aliphatic carbocycles. The Labute approximate surface area is 151 Å². The maximum Gasteiger partial charge on any atom is 0.253 e. The summed E-state index contributed by atoms with van der Waals surface area (Å²) in [7, 11) is 0. The molecule has 0 bridgehead atoms. The Hall–Kier alpha value is -3.18. The van der Waals surface area contributed by atoms with Crippen LogP contribution in [-0.4, -0.2) is 30.1 Å². The Kier molecular flexibility index (Phi) is 5.29. The predicted octanol–water partition coefficient (Wildman–Crippen LogP) is 3.25. The van der Waals surface area contributed by atoms with Gasteiger partial charge in [0.2, 0.25) is 5.91 Å². The number of nitrogens with zero attached hydrogens (tertiary/aromatic N) is 1. The monoisotopic (exact) mass is 348 g/mol. The summed E-state index contributed by atoms with van der Waals surface area (Å²) in [5, 5.41) is 13.7. The van der Waals surface area contributed by atoms with E-state index in [0.29, 0.717) is 16.9 Å². The van der Waals surface area contributed by atoms with Gasteiger partial charge in [0, 0.05) is 19.2 Å². The van der Waals surface area contributed by atoms with Crippen LogP contribution in [0.5, 0.6) is 0 Å². The van der Waals surface area contributed by atoms with Crippen LogP contribution in [0.3, 0.4) is 0 Å². The van der Waals surface area contributed by atoms with E-state index in [9.17, 15) is 9.59 Å². The lowest BCUT2D eigenvalue weighted by Crippen LogP contribution is -2.30. The van der Waals surface area contributed by atoms with Crippen LogP contribution in [0.1, 0.15) is 17.3 Å². The highest BCUT2D eigenvalue weighted by Gasteiger charge is 2.20. The third-order valence-corrected chi connectivity index (χ3v) is 4.09. The van der Waals surface area contributed by atoms with Gasteiger partial charge in [0.05, 0.1) is 17.9 Å². The van der Waals surface area contributed by atoms with E-state index in [4.69, 9.17) is 5.11 Å². The molecule has 0 unspecified atom stereocenters. The molecule has 0 radical (unpaired) electrons. The molecule has 3 rings (SSSR count). The summed E-state index contributed by atoms with van der Waals surface area (Å²) < 4.78 is 0. The van der Waals surface area contributed by atoms with Crippen LogP contribution in [0, 0.1) is 0 Å². The third-order valence-electron chi connectivity index (χ3n) is 4.09. The van der Waals surface area contributed by atoms with Gasteiger partial charge in [-0.25, -0.2) is 0 Å². The zero-order valence-corrected chi connectivity index (χ0v) is 14.5. The summed E-state index contributed by atoms with van der Waals surface area (Å²) in [6.07, 6.45) is 0. The first kappa shape index (κ1) is 17.6. The van der Waals surface area contributed by atoms with Gasteiger partial charge < -0.3 is 10.4 Å². The predicted molar refractivity (Wildman–Crippen MR) is 103 cm³/mol. The van der Waals surface area contributed by atoms with Crippen molar-refractivity contribution in [2.75, 3.05) is 18.1 Å². The molecule has 3 aromatic carbocycles. The summed E-state index contributed by atoms with van der Waals surface area (Å²) >= 11 is 0. The summed E-state index contributed by atoms with van der Waals surface area (Å²) in [5.74, 6) is -0.524. The number of anilines is 2. The van der Waals surface area contributed by atoms with Crippen LogP contribution in [0.4, 0.5) is 11.4 Å². The van der Waals surface area contributed by atoms with Crippen LogP contribution in [0.2, 0.25) is 0 Å². The van der Waals surface area contributed by atoms with Gasteiger partial charge >= 0.3 is 0 Å². The molecule has 26 heavy (non-hydrogen) atoms. The number of para-hydroxylation sites is 1. The summed E-state index contributed by atoms with van der Waals surface area (Å²) in [5.41, 5.74) is 1.58. The second-order valence-electron chi connectivity index (χ2n) is 5.88. The number of nitrogens with one attached hydrogen (secondary N) is 1. The molecule has 0 aliphatic heterocycles. The number of aliphatic hydroxyl groups excluding tert-OH is 1. The fourth-order valence-electron chi connectivity index (χ4n) is 2.93. The van der Waals surface area contributed by atoms with Gasteiger partial charge in [-0.1, -0.05) is 42.5 Å². The Bertz CT molecular complexity index is 953. The largest absolute Gasteiger partial charge is 0.395 e. The van der Waals surface area contributed by atoms with Crippen LogP contribution in [-0.2, 0) is 4.79 Å². The minimum Gasteiger partial charge on any atom is -0.395 e. The molecule has 0 aliphatic rings. The number of aliphatic hydroxyl groups is 1. The van der Waals surface area contributed by atoms with Crippen molar-refractivity contribution in [3.8, 4) is 0 Å². The van der Waals surface area contributed by atoms with E-state index in [1.54, 1.807) is 24.3 Å². The zero-order valence-electron chi connectivity index (χ0n) is 14.5. The van der Waals surface area contributed by atoms with Crippen LogP contribution in [0.25, 0.3) is 10.8 Å². The van der Waals surface area contributed by atoms with Crippen molar-refractivity contribution in [2.24, 2.45) is 0 Å². The van der Waals surface area contributed by atoms with Crippen molar-refractivity contribution in [2.45, 2.75) is 6.92 Å². The lowest BCUT2D eigenvalue weighted by molar-refractivity contribution is -0.115. The number of hydrogen-bond donors (Lipinski definition) is 2. The van der Waals surface area contributed by atoms with Crippen LogP contribution < -0.4 is 10.2 Å². The molecular weight excluding hydrogens is 328 g/mol. The average Bonchev–Trinajstić information content (AvgIpc) is 2.66. The van der Waals surface area contributed by atoms with Crippen molar-refractivity contribution < 1.29 is 14.7 Å². The van der Waals surface area contributed by atoms with E-state index >= 15 is 0 Å². The fourth-order valence-corrected chi connectivity index (χ4v) is 2.93. The van der Waals surface area contributed by atoms with Crippen molar-refractivity contribution in [3.05, 3.63) is 72.3 Å². The fraction of sp³-hybridized carbons (Fsp3) is 0.143. The molecular formula is C21H20N2O3. The number of rotatable bonds is 5. The molecule has 132 valence electrons. The normalized spacial score (nSPS) is 10.5.